The highest BCUT2D eigenvalue weighted by molar-refractivity contribution is 5.43. The monoisotopic (exact) mass is 293 g/mol. The van der Waals surface area contributed by atoms with Gasteiger partial charge < -0.3 is 19.9 Å². The standard InChI is InChI=1S/C17H27NO3/c1-17(18,9-8-14-5-4-10-21-14)12-13-6-7-15(19-2)16(11-13)20-3/h6-7,11,14H,4-5,8-10,12,18H2,1-3H3. The average Bonchev–Trinajstić information content (AvgIpc) is 2.98. The predicted octanol–water partition coefficient (Wildman–Crippen LogP) is 2.92. The topological polar surface area (TPSA) is 53.7 Å². The van der Waals surface area contributed by atoms with Crippen molar-refractivity contribution in [1.82, 2.24) is 0 Å². The minimum atomic E-state index is -0.231. The molecule has 1 aliphatic rings. The van der Waals surface area contributed by atoms with E-state index in [4.69, 9.17) is 19.9 Å². The molecule has 4 heteroatoms. The van der Waals surface area contributed by atoms with E-state index in [1.807, 2.05) is 12.1 Å². The molecular formula is C17H27NO3. The molecule has 2 N–H and O–H groups in total. The molecule has 1 heterocycles. The molecule has 0 bridgehead atoms. The van der Waals surface area contributed by atoms with Crippen LogP contribution in [0.4, 0.5) is 0 Å². The predicted molar refractivity (Wildman–Crippen MR) is 84.1 cm³/mol. The zero-order valence-corrected chi connectivity index (χ0v) is 13.4. The molecule has 2 rings (SSSR count). The van der Waals surface area contributed by atoms with Gasteiger partial charge in [0, 0.05) is 12.1 Å². The van der Waals surface area contributed by atoms with Crippen molar-refractivity contribution in [2.75, 3.05) is 20.8 Å². The third-order valence-corrected chi connectivity index (χ3v) is 4.12. The smallest absolute Gasteiger partial charge is 0.160 e. The zero-order valence-electron chi connectivity index (χ0n) is 13.4. The van der Waals surface area contributed by atoms with Crippen molar-refractivity contribution in [3.63, 3.8) is 0 Å². The van der Waals surface area contributed by atoms with E-state index in [2.05, 4.69) is 13.0 Å². The molecule has 1 aromatic rings. The SMILES string of the molecule is COc1ccc(CC(C)(N)CCC2CCCO2)cc1OC. The van der Waals surface area contributed by atoms with Crippen LogP contribution in [-0.2, 0) is 11.2 Å². The maximum atomic E-state index is 6.46. The first-order valence-corrected chi connectivity index (χ1v) is 7.65. The molecule has 1 aromatic carbocycles. The molecule has 118 valence electrons. The highest BCUT2D eigenvalue weighted by Gasteiger charge is 2.23. The first kappa shape index (κ1) is 16.1. The van der Waals surface area contributed by atoms with Gasteiger partial charge in [-0.15, -0.1) is 0 Å². The fourth-order valence-corrected chi connectivity index (χ4v) is 2.91. The van der Waals surface area contributed by atoms with Crippen molar-refractivity contribution in [3.8, 4) is 11.5 Å². The molecule has 0 spiro atoms. The van der Waals surface area contributed by atoms with Crippen molar-refractivity contribution in [3.05, 3.63) is 23.8 Å². The molecular weight excluding hydrogens is 266 g/mol. The third kappa shape index (κ3) is 4.61. The quantitative estimate of drug-likeness (QED) is 0.840. The molecule has 2 unspecified atom stereocenters. The Bertz CT molecular complexity index is 453. The summed E-state index contributed by atoms with van der Waals surface area (Å²) in [7, 11) is 3.30. The Kier molecular flexibility index (Phi) is 5.48. The van der Waals surface area contributed by atoms with Crippen molar-refractivity contribution in [2.45, 2.75) is 50.7 Å². The second kappa shape index (κ2) is 7.14. The number of benzene rings is 1. The van der Waals surface area contributed by atoms with Crippen LogP contribution >= 0.6 is 0 Å². The van der Waals surface area contributed by atoms with Crippen LogP contribution in [0.25, 0.3) is 0 Å². The van der Waals surface area contributed by atoms with Crippen LogP contribution in [0, 0.1) is 0 Å². The Labute approximate surface area is 127 Å². The summed E-state index contributed by atoms with van der Waals surface area (Å²) in [6.07, 6.45) is 5.58. The Hall–Kier alpha value is -1.26. The van der Waals surface area contributed by atoms with Gasteiger partial charge in [-0.3, -0.25) is 0 Å². The molecule has 2 atom stereocenters. The summed E-state index contributed by atoms with van der Waals surface area (Å²) < 4.78 is 16.3. The molecule has 0 aliphatic carbocycles. The minimum absolute atomic E-state index is 0.231. The second-order valence-electron chi connectivity index (χ2n) is 6.19. The van der Waals surface area contributed by atoms with Crippen molar-refractivity contribution < 1.29 is 14.2 Å². The Morgan fingerprint density at radius 1 is 1.29 bits per heavy atom. The summed E-state index contributed by atoms with van der Waals surface area (Å²) in [6, 6.07) is 6.00. The molecule has 4 nitrogen and oxygen atoms in total. The van der Waals surface area contributed by atoms with Crippen LogP contribution in [-0.4, -0.2) is 32.5 Å². The molecule has 0 aromatic heterocycles. The number of nitrogens with two attached hydrogens (primary N) is 1. The third-order valence-electron chi connectivity index (χ3n) is 4.12. The van der Waals surface area contributed by atoms with E-state index in [0.29, 0.717) is 6.10 Å². The summed E-state index contributed by atoms with van der Waals surface area (Å²) >= 11 is 0. The highest BCUT2D eigenvalue weighted by atomic mass is 16.5. The highest BCUT2D eigenvalue weighted by Crippen LogP contribution is 2.30. The van der Waals surface area contributed by atoms with Crippen LogP contribution in [0.2, 0.25) is 0 Å². The van der Waals surface area contributed by atoms with Gasteiger partial charge in [-0.25, -0.2) is 0 Å². The Morgan fingerprint density at radius 2 is 2.05 bits per heavy atom. The van der Waals surface area contributed by atoms with Crippen LogP contribution in [0.3, 0.4) is 0 Å². The summed E-state index contributed by atoms with van der Waals surface area (Å²) in [4.78, 5) is 0. The van der Waals surface area contributed by atoms with Crippen LogP contribution in [0.15, 0.2) is 18.2 Å². The summed E-state index contributed by atoms with van der Waals surface area (Å²) in [5, 5.41) is 0. The molecule has 0 amide bonds. The number of methoxy groups -OCH3 is 2. The largest absolute Gasteiger partial charge is 0.493 e. The lowest BCUT2D eigenvalue weighted by Gasteiger charge is -2.26. The molecule has 1 saturated heterocycles. The molecule has 0 saturated carbocycles. The summed E-state index contributed by atoms with van der Waals surface area (Å²) in [6.45, 7) is 3.01. The fourth-order valence-electron chi connectivity index (χ4n) is 2.91. The number of hydrogen-bond acceptors (Lipinski definition) is 4. The normalized spacial score (nSPS) is 21.0. The van der Waals surface area contributed by atoms with Crippen LogP contribution in [0.1, 0.15) is 38.2 Å². The fraction of sp³-hybridized carbons (Fsp3) is 0.647. The molecule has 1 aliphatic heterocycles. The molecule has 1 fully saturated rings. The van der Waals surface area contributed by atoms with E-state index in [1.54, 1.807) is 14.2 Å². The number of ether oxygens (including phenoxy) is 3. The average molecular weight is 293 g/mol. The van der Waals surface area contributed by atoms with Gasteiger partial charge in [0.1, 0.15) is 0 Å². The van der Waals surface area contributed by atoms with Gasteiger partial charge >= 0.3 is 0 Å². The van der Waals surface area contributed by atoms with Gasteiger partial charge in [0.2, 0.25) is 0 Å². The van der Waals surface area contributed by atoms with Crippen molar-refractivity contribution in [1.29, 1.82) is 0 Å². The lowest BCUT2D eigenvalue weighted by molar-refractivity contribution is 0.0967. The van der Waals surface area contributed by atoms with E-state index < -0.39 is 0 Å². The molecule has 21 heavy (non-hydrogen) atoms. The van der Waals surface area contributed by atoms with Crippen molar-refractivity contribution >= 4 is 0 Å². The van der Waals surface area contributed by atoms with Gasteiger partial charge in [-0.05, 0) is 56.7 Å². The van der Waals surface area contributed by atoms with E-state index in [-0.39, 0.29) is 5.54 Å². The van der Waals surface area contributed by atoms with E-state index in [1.165, 1.54) is 18.4 Å². The van der Waals surface area contributed by atoms with E-state index >= 15 is 0 Å². The van der Waals surface area contributed by atoms with Crippen LogP contribution < -0.4 is 15.2 Å². The first-order chi connectivity index (χ1) is 10.0. The van der Waals surface area contributed by atoms with Crippen molar-refractivity contribution in [2.24, 2.45) is 5.73 Å². The number of rotatable bonds is 7. The Morgan fingerprint density at radius 3 is 2.67 bits per heavy atom. The summed E-state index contributed by atoms with van der Waals surface area (Å²) in [5.41, 5.74) is 7.40. The van der Waals surface area contributed by atoms with Gasteiger partial charge in [0.05, 0.1) is 20.3 Å². The van der Waals surface area contributed by atoms with Gasteiger partial charge in [0.15, 0.2) is 11.5 Å². The zero-order chi connectivity index (χ0) is 15.3. The van der Waals surface area contributed by atoms with Gasteiger partial charge in [-0.1, -0.05) is 6.07 Å². The van der Waals surface area contributed by atoms with Gasteiger partial charge in [-0.2, -0.15) is 0 Å². The maximum Gasteiger partial charge on any atom is 0.160 e. The Balaban J connectivity index is 1.95. The van der Waals surface area contributed by atoms with E-state index in [9.17, 15) is 0 Å². The second-order valence-corrected chi connectivity index (χ2v) is 6.19. The summed E-state index contributed by atoms with van der Waals surface area (Å²) in [5.74, 6) is 1.50. The van der Waals surface area contributed by atoms with E-state index in [0.717, 1.165) is 37.4 Å². The number of hydrogen-bond donors (Lipinski definition) is 1. The van der Waals surface area contributed by atoms with Gasteiger partial charge in [0.25, 0.3) is 0 Å². The first-order valence-electron chi connectivity index (χ1n) is 7.65. The lowest BCUT2D eigenvalue weighted by Crippen LogP contribution is -2.39. The lowest BCUT2D eigenvalue weighted by atomic mass is 9.88. The minimum Gasteiger partial charge on any atom is -0.493 e. The van der Waals surface area contributed by atoms with Crippen LogP contribution in [0.5, 0.6) is 11.5 Å². The molecule has 0 radical (unpaired) electrons. The maximum absolute atomic E-state index is 6.46.